The molecule has 0 bridgehead atoms. The molecular formula is C10H9ClN2O2. The molecule has 1 aromatic carbocycles. The molecule has 0 atom stereocenters. The lowest BCUT2D eigenvalue weighted by atomic mass is 10.2. The molecule has 78 valence electrons. The van der Waals surface area contributed by atoms with Gasteiger partial charge >= 0.3 is 0 Å². The highest BCUT2D eigenvalue weighted by atomic mass is 35.5. The first-order valence-corrected chi connectivity index (χ1v) is 4.88. The van der Waals surface area contributed by atoms with E-state index in [0.717, 1.165) is 4.90 Å². The van der Waals surface area contributed by atoms with Gasteiger partial charge in [-0.3, -0.25) is 9.59 Å². The first-order valence-electron chi connectivity index (χ1n) is 4.50. The Morgan fingerprint density at radius 3 is 2.40 bits per heavy atom. The predicted octanol–water partition coefficient (Wildman–Crippen LogP) is 1.58. The number of hydrogen-bond donors (Lipinski definition) is 1. The molecular weight excluding hydrogens is 216 g/mol. The largest absolute Gasteiger partial charge is 0.399 e. The molecule has 2 amide bonds. The molecule has 1 aliphatic rings. The Kier molecular flexibility index (Phi) is 2.36. The molecule has 1 saturated heterocycles. The Morgan fingerprint density at radius 2 is 1.80 bits per heavy atom. The number of hydrogen-bond acceptors (Lipinski definition) is 3. The summed E-state index contributed by atoms with van der Waals surface area (Å²) in [7, 11) is 0. The smallest absolute Gasteiger partial charge is 0.234 e. The van der Waals surface area contributed by atoms with E-state index in [0.29, 0.717) is 16.4 Å². The van der Waals surface area contributed by atoms with Crippen LogP contribution in [0.1, 0.15) is 12.8 Å². The highest BCUT2D eigenvalue weighted by molar-refractivity contribution is 6.35. The minimum absolute atomic E-state index is 0.229. The minimum atomic E-state index is -0.229. The van der Waals surface area contributed by atoms with Gasteiger partial charge in [0.1, 0.15) is 0 Å². The predicted molar refractivity (Wildman–Crippen MR) is 57.6 cm³/mol. The molecule has 0 aliphatic carbocycles. The molecule has 1 aliphatic heterocycles. The van der Waals surface area contributed by atoms with E-state index in [9.17, 15) is 9.59 Å². The molecule has 1 fully saturated rings. The van der Waals surface area contributed by atoms with Crippen molar-refractivity contribution in [3.8, 4) is 0 Å². The minimum Gasteiger partial charge on any atom is -0.399 e. The van der Waals surface area contributed by atoms with Gasteiger partial charge in [0.15, 0.2) is 0 Å². The first-order chi connectivity index (χ1) is 7.09. The van der Waals surface area contributed by atoms with Crippen molar-refractivity contribution in [1.82, 2.24) is 0 Å². The Morgan fingerprint density at radius 1 is 1.20 bits per heavy atom. The van der Waals surface area contributed by atoms with E-state index < -0.39 is 0 Å². The second-order valence-corrected chi connectivity index (χ2v) is 3.74. The quantitative estimate of drug-likeness (QED) is 0.582. The zero-order valence-electron chi connectivity index (χ0n) is 7.87. The number of nitrogens with zero attached hydrogens (tertiary/aromatic N) is 1. The van der Waals surface area contributed by atoms with Crippen molar-refractivity contribution in [3.63, 3.8) is 0 Å². The van der Waals surface area contributed by atoms with Gasteiger partial charge in [0.05, 0.1) is 10.7 Å². The van der Waals surface area contributed by atoms with Crippen molar-refractivity contribution in [2.75, 3.05) is 10.6 Å². The number of halogens is 1. The summed E-state index contributed by atoms with van der Waals surface area (Å²) < 4.78 is 0. The van der Waals surface area contributed by atoms with E-state index in [1.807, 2.05) is 0 Å². The van der Waals surface area contributed by atoms with Crippen molar-refractivity contribution in [2.24, 2.45) is 0 Å². The summed E-state index contributed by atoms with van der Waals surface area (Å²) in [6, 6.07) is 4.73. The van der Waals surface area contributed by atoms with Crippen LogP contribution in [0.15, 0.2) is 18.2 Å². The summed E-state index contributed by atoms with van der Waals surface area (Å²) in [5.74, 6) is -0.458. The Labute approximate surface area is 91.6 Å². The molecule has 0 unspecified atom stereocenters. The fourth-order valence-electron chi connectivity index (χ4n) is 1.55. The number of benzene rings is 1. The lowest BCUT2D eigenvalue weighted by Gasteiger charge is -2.15. The summed E-state index contributed by atoms with van der Waals surface area (Å²) >= 11 is 5.91. The summed E-state index contributed by atoms with van der Waals surface area (Å²) in [5.41, 5.74) is 6.43. The lowest BCUT2D eigenvalue weighted by Crippen LogP contribution is -2.28. The van der Waals surface area contributed by atoms with Crippen molar-refractivity contribution in [3.05, 3.63) is 23.2 Å². The second kappa shape index (κ2) is 3.55. The van der Waals surface area contributed by atoms with Gasteiger partial charge < -0.3 is 5.73 Å². The van der Waals surface area contributed by atoms with E-state index in [1.165, 1.54) is 6.07 Å². The number of carbonyl (C=O) groups excluding carboxylic acids is 2. The average Bonchev–Trinajstić information content (AvgIpc) is 2.51. The van der Waals surface area contributed by atoms with Crippen LogP contribution in [0, 0.1) is 0 Å². The van der Waals surface area contributed by atoms with Crippen molar-refractivity contribution < 1.29 is 9.59 Å². The molecule has 5 heteroatoms. The third-order valence-corrected chi connectivity index (χ3v) is 2.58. The summed E-state index contributed by atoms with van der Waals surface area (Å²) in [6.45, 7) is 0. The monoisotopic (exact) mass is 224 g/mol. The van der Waals surface area contributed by atoms with Gasteiger partial charge in [0, 0.05) is 18.5 Å². The van der Waals surface area contributed by atoms with E-state index in [4.69, 9.17) is 17.3 Å². The standard InChI is InChI=1S/C10H9ClN2O2/c11-7-2-1-6(12)5-8(7)13-9(14)3-4-10(13)15/h1-2,5H,3-4,12H2. The van der Waals surface area contributed by atoms with Gasteiger partial charge in [0.25, 0.3) is 0 Å². The van der Waals surface area contributed by atoms with Crippen LogP contribution in [0.5, 0.6) is 0 Å². The third kappa shape index (κ3) is 1.68. The number of carbonyl (C=O) groups is 2. The van der Waals surface area contributed by atoms with Crippen molar-refractivity contribution in [1.29, 1.82) is 0 Å². The SMILES string of the molecule is Nc1ccc(Cl)c(N2C(=O)CCC2=O)c1. The molecule has 1 heterocycles. The topological polar surface area (TPSA) is 63.4 Å². The van der Waals surface area contributed by atoms with Crippen LogP contribution in [0.2, 0.25) is 5.02 Å². The highest BCUT2D eigenvalue weighted by Crippen LogP contribution is 2.31. The average molecular weight is 225 g/mol. The van der Waals surface area contributed by atoms with Crippen molar-refractivity contribution >= 4 is 34.8 Å². The van der Waals surface area contributed by atoms with Crippen molar-refractivity contribution in [2.45, 2.75) is 12.8 Å². The van der Waals surface area contributed by atoms with E-state index in [2.05, 4.69) is 0 Å². The van der Waals surface area contributed by atoms with Crippen LogP contribution < -0.4 is 10.6 Å². The maximum atomic E-state index is 11.5. The van der Waals surface area contributed by atoms with Crippen LogP contribution in [-0.4, -0.2) is 11.8 Å². The number of imide groups is 1. The first kappa shape index (κ1) is 9.98. The van der Waals surface area contributed by atoms with E-state index in [-0.39, 0.29) is 24.7 Å². The molecule has 4 nitrogen and oxygen atoms in total. The van der Waals surface area contributed by atoms with Gasteiger partial charge in [0.2, 0.25) is 11.8 Å². The third-order valence-electron chi connectivity index (χ3n) is 2.26. The van der Waals surface area contributed by atoms with Crippen LogP contribution >= 0.6 is 11.6 Å². The molecule has 0 aromatic heterocycles. The maximum absolute atomic E-state index is 11.5. The Bertz CT molecular complexity index is 429. The Hall–Kier alpha value is -1.55. The number of nitrogen functional groups attached to an aromatic ring is 1. The van der Waals surface area contributed by atoms with E-state index in [1.54, 1.807) is 12.1 Å². The molecule has 0 radical (unpaired) electrons. The summed E-state index contributed by atoms with van der Waals surface area (Å²) in [5, 5.41) is 0.354. The second-order valence-electron chi connectivity index (χ2n) is 3.33. The van der Waals surface area contributed by atoms with E-state index >= 15 is 0 Å². The van der Waals surface area contributed by atoms with Gasteiger partial charge in [-0.05, 0) is 18.2 Å². The molecule has 0 saturated carbocycles. The summed E-state index contributed by atoms with van der Waals surface area (Å²) in [4.78, 5) is 24.0. The Balaban J connectivity index is 2.48. The number of nitrogens with two attached hydrogens (primary N) is 1. The molecule has 1 aromatic rings. The van der Waals surface area contributed by atoms with Crippen LogP contribution in [-0.2, 0) is 9.59 Å². The zero-order valence-corrected chi connectivity index (χ0v) is 8.62. The van der Waals surface area contributed by atoms with Crippen LogP contribution in [0.4, 0.5) is 11.4 Å². The van der Waals surface area contributed by atoms with Crippen LogP contribution in [0.25, 0.3) is 0 Å². The molecule has 2 N–H and O–H groups in total. The van der Waals surface area contributed by atoms with Gasteiger partial charge in [-0.2, -0.15) is 0 Å². The fraction of sp³-hybridized carbons (Fsp3) is 0.200. The number of anilines is 2. The molecule has 0 spiro atoms. The number of amides is 2. The number of rotatable bonds is 1. The lowest BCUT2D eigenvalue weighted by molar-refractivity contribution is -0.121. The van der Waals surface area contributed by atoms with Crippen LogP contribution in [0.3, 0.4) is 0 Å². The normalized spacial score (nSPS) is 16.2. The fourth-order valence-corrected chi connectivity index (χ4v) is 1.75. The zero-order chi connectivity index (χ0) is 11.0. The van der Waals surface area contributed by atoms with Gasteiger partial charge in [-0.25, -0.2) is 4.90 Å². The molecule has 15 heavy (non-hydrogen) atoms. The van der Waals surface area contributed by atoms with Gasteiger partial charge in [-0.15, -0.1) is 0 Å². The highest BCUT2D eigenvalue weighted by Gasteiger charge is 2.31. The summed E-state index contributed by atoms with van der Waals surface area (Å²) in [6.07, 6.45) is 0.480. The maximum Gasteiger partial charge on any atom is 0.234 e. The molecule has 2 rings (SSSR count). The van der Waals surface area contributed by atoms with Gasteiger partial charge in [-0.1, -0.05) is 11.6 Å².